The Morgan fingerprint density at radius 2 is 1.96 bits per heavy atom. The normalized spacial score (nSPS) is 10.6. The molecule has 0 saturated carbocycles. The van der Waals surface area contributed by atoms with Crippen molar-refractivity contribution < 1.29 is 14.3 Å². The Hall–Kier alpha value is -2.95. The molecule has 0 N–H and O–H groups in total. The molecule has 3 aromatic rings. The maximum Gasteiger partial charge on any atom is 0.356 e. The fraction of sp³-hybridized carbons (Fsp3) is 0.211. The summed E-state index contributed by atoms with van der Waals surface area (Å²) in [5.41, 5.74) is 3.01. The highest BCUT2D eigenvalue weighted by Crippen LogP contribution is 2.24. The van der Waals surface area contributed by atoms with E-state index < -0.39 is 5.97 Å². The quantitative estimate of drug-likeness (QED) is 0.674. The van der Waals surface area contributed by atoms with Crippen LogP contribution in [0.15, 0.2) is 48.7 Å². The van der Waals surface area contributed by atoms with Crippen LogP contribution in [0.4, 0.5) is 0 Å². The van der Waals surface area contributed by atoms with E-state index in [1.54, 1.807) is 26.3 Å². The predicted octanol–water partition coefficient (Wildman–Crippen LogP) is 3.41. The van der Waals surface area contributed by atoms with Crippen LogP contribution in [0.2, 0.25) is 0 Å². The lowest BCUT2D eigenvalue weighted by atomic mass is 10.0. The molecule has 0 aliphatic rings. The van der Waals surface area contributed by atoms with Crippen molar-refractivity contribution in [1.29, 1.82) is 0 Å². The first-order chi connectivity index (χ1) is 11.7. The number of para-hydroxylation sites is 1. The fourth-order valence-electron chi connectivity index (χ4n) is 2.65. The number of ether oxygens (including phenoxy) is 2. The number of nitrogens with zero attached hydrogens (tertiary/aromatic N) is 2. The summed E-state index contributed by atoms with van der Waals surface area (Å²) in [5, 5.41) is 0.997. The summed E-state index contributed by atoms with van der Waals surface area (Å²) in [6.07, 6.45) is 2.28. The third kappa shape index (κ3) is 3.20. The first-order valence-corrected chi connectivity index (χ1v) is 7.76. The number of pyridine rings is 2. The first-order valence-electron chi connectivity index (χ1n) is 7.76. The molecule has 2 heterocycles. The second-order valence-corrected chi connectivity index (χ2v) is 5.25. The van der Waals surface area contributed by atoms with Gasteiger partial charge in [-0.05, 0) is 30.7 Å². The molecule has 0 unspecified atom stereocenters. The lowest BCUT2D eigenvalue weighted by Crippen LogP contribution is -2.08. The maximum absolute atomic E-state index is 12.1. The molecule has 0 fully saturated rings. The van der Waals surface area contributed by atoms with Crippen molar-refractivity contribution >= 4 is 16.9 Å². The van der Waals surface area contributed by atoms with Gasteiger partial charge in [-0.3, -0.25) is 0 Å². The minimum Gasteiger partial charge on any atom is -0.481 e. The van der Waals surface area contributed by atoms with Crippen LogP contribution in [0.3, 0.4) is 0 Å². The molecule has 5 heteroatoms. The van der Waals surface area contributed by atoms with Crippen LogP contribution in [0, 0.1) is 0 Å². The number of carbonyl (C=O) groups is 1. The van der Waals surface area contributed by atoms with Crippen molar-refractivity contribution in [2.24, 2.45) is 0 Å². The van der Waals surface area contributed by atoms with Crippen molar-refractivity contribution in [3.63, 3.8) is 0 Å². The van der Waals surface area contributed by atoms with Gasteiger partial charge in [0.05, 0.1) is 19.2 Å². The van der Waals surface area contributed by atoms with Gasteiger partial charge in [0.1, 0.15) is 5.69 Å². The number of esters is 1. The smallest absolute Gasteiger partial charge is 0.356 e. The van der Waals surface area contributed by atoms with Gasteiger partial charge in [-0.15, -0.1) is 0 Å². The van der Waals surface area contributed by atoms with Gasteiger partial charge in [0.15, 0.2) is 0 Å². The highest BCUT2D eigenvalue weighted by atomic mass is 16.5. The molecular formula is C19H18N2O3. The molecular weight excluding hydrogens is 304 g/mol. The lowest BCUT2D eigenvalue weighted by molar-refractivity contribution is 0.0520. The van der Waals surface area contributed by atoms with Crippen LogP contribution in [0.25, 0.3) is 10.9 Å². The molecule has 2 aromatic heterocycles. The molecule has 0 atom stereocenters. The fourth-order valence-corrected chi connectivity index (χ4v) is 2.65. The summed E-state index contributed by atoms with van der Waals surface area (Å²) in [5.74, 6) is 0.165. The first kappa shape index (κ1) is 15.9. The Labute approximate surface area is 140 Å². The van der Waals surface area contributed by atoms with E-state index in [4.69, 9.17) is 9.47 Å². The molecule has 0 radical (unpaired) electrons. The third-order valence-corrected chi connectivity index (χ3v) is 3.71. The standard InChI is InChI=1S/C19H18N2O3/c1-3-24-19(22)17-12-14(15-8-4-5-9-16(15)21-17)11-13-7-6-10-20-18(13)23-2/h4-10,12H,3,11H2,1-2H3. The van der Waals surface area contributed by atoms with Crippen LogP contribution < -0.4 is 4.74 Å². The van der Waals surface area contributed by atoms with Gasteiger partial charge in [-0.25, -0.2) is 14.8 Å². The zero-order valence-corrected chi connectivity index (χ0v) is 13.7. The molecule has 24 heavy (non-hydrogen) atoms. The lowest BCUT2D eigenvalue weighted by Gasteiger charge is -2.11. The summed E-state index contributed by atoms with van der Waals surface area (Å²) in [7, 11) is 1.60. The largest absolute Gasteiger partial charge is 0.481 e. The van der Waals surface area contributed by atoms with Crippen molar-refractivity contribution in [1.82, 2.24) is 9.97 Å². The SMILES string of the molecule is CCOC(=O)c1cc(Cc2cccnc2OC)c2ccccc2n1. The third-order valence-electron chi connectivity index (χ3n) is 3.71. The van der Waals surface area contributed by atoms with Gasteiger partial charge in [-0.2, -0.15) is 0 Å². The number of hydrogen-bond acceptors (Lipinski definition) is 5. The van der Waals surface area contributed by atoms with Gasteiger partial charge in [0.2, 0.25) is 5.88 Å². The molecule has 5 nitrogen and oxygen atoms in total. The van der Waals surface area contributed by atoms with E-state index in [0.29, 0.717) is 24.6 Å². The van der Waals surface area contributed by atoms with E-state index in [-0.39, 0.29) is 0 Å². The van der Waals surface area contributed by atoms with Gasteiger partial charge < -0.3 is 9.47 Å². The Morgan fingerprint density at radius 3 is 2.75 bits per heavy atom. The number of aromatic nitrogens is 2. The summed E-state index contributed by atoms with van der Waals surface area (Å²) >= 11 is 0. The summed E-state index contributed by atoms with van der Waals surface area (Å²) in [4.78, 5) is 20.7. The topological polar surface area (TPSA) is 61.3 Å². The molecule has 122 valence electrons. The maximum atomic E-state index is 12.1. The molecule has 0 amide bonds. The van der Waals surface area contributed by atoms with E-state index in [1.807, 2.05) is 36.4 Å². The summed E-state index contributed by atoms with van der Waals surface area (Å²) < 4.78 is 10.4. The molecule has 3 rings (SSSR count). The molecule has 1 aromatic carbocycles. The molecule has 0 aliphatic carbocycles. The predicted molar refractivity (Wildman–Crippen MR) is 91.3 cm³/mol. The Balaban J connectivity index is 2.09. The molecule has 0 aliphatic heterocycles. The second kappa shape index (κ2) is 7.08. The Kier molecular flexibility index (Phi) is 4.70. The van der Waals surface area contributed by atoms with Crippen molar-refractivity contribution in [2.75, 3.05) is 13.7 Å². The van der Waals surface area contributed by atoms with Gasteiger partial charge >= 0.3 is 5.97 Å². The Morgan fingerprint density at radius 1 is 1.12 bits per heavy atom. The monoisotopic (exact) mass is 322 g/mol. The number of carbonyl (C=O) groups excluding carboxylic acids is 1. The molecule has 0 bridgehead atoms. The van der Waals surface area contributed by atoms with Crippen LogP contribution in [0.1, 0.15) is 28.5 Å². The van der Waals surface area contributed by atoms with Crippen molar-refractivity contribution in [3.8, 4) is 5.88 Å². The molecule has 0 spiro atoms. The Bertz CT molecular complexity index is 877. The van der Waals surface area contributed by atoms with Gasteiger partial charge in [-0.1, -0.05) is 24.3 Å². The number of rotatable bonds is 5. The highest BCUT2D eigenvalue weighted by Gasteiger charge is 2.14. The van der Waals surface area contributed by atoms with E-state index in [0.717, 1.165) is 22.0 Å². The number of hydrogen-bond donors (Lipinski definition) is 0. The van der Waals surface area contributed by atoms with Crippen LogP contribution >= 0.6 is 0 Å². The summed E-state index contributed by atoms with van der Waals surface area (Å²) in [6.45, 7) is 2.10. The van der Waals surface area contributed by atoms with Crippen molar-refractivity contribution in [3.05, 3.63) is 65.5 Å². The van der Waals surface area contributed by atoms with Gasteiger partial charge in [0, 0.05) is 23.6 Å². The van der Waals surface area contributed by atoms with Crippen LogP contribution in [-0.2, 0) is 11.2 Å². The van der Waals surface area contributed by atoms with Crippen LogP contribution in [0.5, 0.6) is 5.88 Å². The van der Waals surface area contributed by atoms with Crippen LogP contribution in [-0.4, -0.2) is 29.7 Å². The van der Waals surface area contributed by atoms with E-state index in [1.165, 1.54) is 0 Å². The average Bonchev–Trinajstić information content (AvgIpc) is 2.62. The average molecular weight is 322 g/mol. The second-order valence-electron chi connectivity index (χ2n) is 5.25. The highest BCUT2D eigenvalue weighted by molar-refractivity contribution is 5.92. The van der Waals surface area contributed by atoms with E-state index in [9.17, 15) is 4.79 Å². The summed E-state index contributed by atoms with van der Waals surface area (Å²) in [6, 6.07) is 13.4. The minimum atomic E-state index is -0.414. The molecule has 0 saturated heterocycles. The van der Waals surface area contributed by atoms with E-state index in [2.05, 4.69) is 9.97 Å². The van der Waals surface area contributed by atoms with E-state index >= 15 is 0 Å². The number of fused-ring (bicyclic) bond motifs is 1. The number of methoxy groups -OCH3 is 1. The zero-order valence-electron chi connectivity index (χ0n) is 13.7. The zero-order chi connectivity index (χ0) is 16.9. The van der Waals surface area contributed by atoms with Crippen molar-refractivity contribution in [2.45, 2.75) is 13.3 Å². The minimum absolute atomic E-state index is 0.313. The number of benzene rings is 1. The van der Waals surface area contributed by atoms with Gasteiger partial charge in [0.25, 0.3) is 0 Å².